The lowest BCUT2D eigenvalue weighted by Gasteiger charge is -2.44. The summed E-state index contributed by atoms with van der Waals surface area (Å²) in [6.07, 6.45) is -4.01. The standard InChI is InChI=1S/C32H32F3N3O6/c1-42-25-11-9-22(10-12-25)30(41)38-27(28(39)36-19-21-5-3-7-24(17-21)32(33,34)35)20-44-31(38)13-15-37(16-14-31)29(40)23-6-4-8-26(18-23)43-2/h3-12,17-18,27H,13-16,19-20H2,1-2H3,(H,36,39)/t27-/m1/s1. The number of amides is 3. The summed E-state index contributed by atoms with van der Waals surface area (Å²) in [6, 6.07) is 16.9. The van der Waals surface area contributed by atoms with Crippen LogP contribution >= 0.6 is 0 Å². The Hall–Kier alpha value is -4.58. The van der Waals surface area contributed by atoms with E-state index in [1.165, 1.54) is 31.3 Å². The van der Waals surface area contributed by atoms with Crippen LogP contribution in [-0.4, -0.2) is 73.2 Å². The second kappa shape index (κ2) is 12.6. The number of hydrogen-bond acceptors (Lipinski definition) is 6. The molecule has 2 heterocycles. The molecule has 232 valence electrons. The molecular formula is C32H32F3N3O6. The van der Waals surface area contributed by atoms with Crippen LogP contribution in [0.4, 0.5) is 13.2 Å². The molecular weight excluding hydrogens is 579 g/mol. The first kappa shape index (κ1) is 30.9. The average molecular weight is 612 g/mol. The molecule has 12 heteroatoms. The molecule has 3 amide bonds. The molecule has 2 saturated heterocycles. The largest absolute Gasteiger partial charge is 0.497 e. The van der Waals surface area contributed by atoms with Crippen LogP contribution in [0.2, 0.25) is 0 Å². The van der Waals surface area contributed by atoms with Crippen LogP contribution < -0.4 is 14.8 Å². The van der Waals surface area contributed by atoms with Gasteiger partial charge in [0.1, 0.15) is 23.3 Å². The van der Waals surface area contributed by atoms with E-state index in [0.29, 0.717) is 22.6 Å². The van der Waals surface area contributed by atoms with E-state index in [4.69, 9.17) is 14.2 Å². The maximum absolute atomic E-state index is 14.0. The average Bonchev–Trinajstić information content (AvgIpc) is 3.41. The molecule has 0 aliphatic carbocycles. The molecule has 1 spiro atoms. The van der Waals surface area contributed by atoms with Crippen molar-refractivity contribution in [1.29, 1.82) is 0 Å². The van der Waals surface area contributed by atoms with Gasteiger partial charge in [-0.2, -0.15) is 13.2 Å². The third-order valence-corrected chi connectivity index (χ3v) is 7.99. The van der Waals surface area contributed by atoms with E-state index in [1.807, 2.05) is 0 Å². The Bertz CT molecular complexity index is 1520. The van der Waals surface area contributed by atoms with Crippen molar-refractivity contribution in [3.05, 3.63) is 95.1 Å². The van der Waals surface area contributed by atoms with Gasteiger partial charge < -0.3 is 24.4 Å². The van der Waals surface area contributed by atoms with Crippen LogP contribution in [0.3, 0.4) is 0 Å². The van der Waals surface area contributed by atoms with Crippen molar-refractivity contribution in [1.82, 2.24) is 15.1 Å². The molecule has 1 atom stereocenters. The fourth-order valence-corrected chi connectivity index (χ4v) is 5.60. The number of likely N-dealkylation sites (tertiary alicyclic amines) is 1. The monoisotopic (exact) mass is 611 g/mol. The number of piperidine rings is 1. The summed E-state index contributed by atoms with van der Waals surface area (Å²) in [5.41, 5.74) is -0.953. The van der Waals surface area contributed by atoms with Gasteiger partial charge in [-0.05, 0) is 60.2 Å². The van der Waals surface area contributed by atoms with E-state index in [9.17, 15) is 27.6 Å². The van der Waals surface area contributed by atoms with Crippen molar-refractivity contribution < 1.29 is 41.8 Å². The van der Waals surface area contributed by atoms with E-state index in [-0.39, 0.29) is 50.6 Å². The van der Waals surface area contributed by atoms with Gasteiger partial charge in [-0.3, -0.25) is 19.3 Å². The van der Waals surface area contributed by atoms with Crippen molar-refractivity contribution in [3.8, 4) is 11.5 Å². The van der Waals surface area contributed by atoms with Crippen LogP contribution in [0.1, 0.15) is 44.7 Å². The van der Waals surface area contributed by atoms with Crippen LogP contribution in [-0.2, 0) is 22.3 Å². The minimum Gasteiger partial charge on any atom is -0.497 e. The quantitative estimate of drug-likeness (QED) is 0.423. The maximum atomic E-state index is 14.0. The van der Waals surface area contributed by atoms with E-state index in [1.54, 1.807) is 53.4 Å². The van der Waals surface area contributed by atoms with E-state index in [2.05, 4.69) is 5.32 Å². The zero-order valence-corrected chi connectivity index (χ0v) is 24.2. The van der Waals surface area contributed by atoms with Crippen molar-refractivity contribution in [2.45, 2.75) is 37.3 Å². The number of hydrogen-bond donors (Lipinski definition) is 1. The molecule has 44 heavy (non-hydrogen) atoms. The van der Waals surface area contributed by atoms with Gasteiger partial charge in [-0.1, -0.05) is 18.2 Å². The Labute approximate surface area is 252 Å². The second-order valence-corrected chi connectivity index (χ2v) is 10.6. The minimum atomic E-state index is -4.52. The predicted octanol–water partition coefficient (Wildman–Crippen LogP) is 4.51. The molecule has 0 saturated carbocycles. The Morgan fingerprint density at radius 3 is 2.23 bits per heavy atom. The van der Waals surface area contributed by atoms with E-state index < -0.39 is 35.3 Å². The van der Waals surface area contributed by atoms with Crippen LogP contribution in [0.15, 0.2) is 72.8 Å². The minimum absolute atomic E-state index is 0.111. The van der Waals surface area contributed by atoms with Crippen molar-refractivity contribution in [3.63, 3.8) is 0 Å². The molecule has 0 radical (unpaired) electrons. The SMILES string of the molecule is COc1ccc(C(=O)N2[C@@H](C(=O)NCc3cccc(C(F)(F)F)c3)COC23CCN(C(=O)c2cccc(OC)c2)CC3)cc1. The third kappa shape index (κ3) is 6.35. The zero-order valence-electron chi connectivity index (χ0n) is 24.2. The Morgan fingerprint density at radius 2 is 1.57 bits per heavy atom. The number of alkyl halides is 3. The summed E-state index contributed by atoms with van der Waals surface area (Å²) in [6.45, 7) is 0.252. The summed E-state index contributed by atoms with van der Waals surface area (Å²) in [5.74, 6) is -0.0967. The molecule has 0 aromatic heterocycles. The van der Waals surface area contributed by atoms with Crippen molar-refractivity contribution >= 4 is 17.7 Å². The van der Waals surface area contributed by atoms with Crippen molar-refractivity contribution in [2.75, 3.05) is 33.9 Å². The maximum Gasteiger partial charge on any atom is 0.416 e. The lowest BCUT2D eigenvalue weighted by molar-refractivity contribution is -0.137. The first-order chi connectivity index (χ1) is 21.0. The lowest BCUT2D eigenvalue weighted by atomic mass is 9.96. The summed E-state index contributed by atoms with van der Waals surface area (Å²) < 4.78 is 56.2. The van der Waals surface area contributed by atoms with Crippen LogP contribution in [0, 0.1) is 0 Å². The fraction of sp³-hybridized carbons (Fsp3) is 0.344. The van der Waals surface area contributed by atoms with Gasteiger partial charge in [0.05, 0.1) is 26.4 Å². The highest BCUT2D eigenvalue weighted by Gasteiger charge is 2.54. The molecule has 5 rings (SSSR count). The molecule has 0 unspecified atom stereocenters. The first-order valence-electron chi connectivity index (χ1n) is 14.0. The molecule has 2 fully saturated rings. The summed E-state index contributed by atoms with van der Waals surface area (Å²) >= 11 is 0. The number of benzene rings is 3. The third-order valence-electron chi connectivity index (χ3n) is 7.99. The number of halogens is 3. The Morgan fingerprint density at radius 1 is 0.886 bits per heavy atom. The number of carbonyl (C=O) groups excluding carboxylic acids is 3. The van der Waals surface area contributed by atoms with Gasteiger partial charge in [-0.25, -0.2) is 0 Å². The Balaban J connectivity index is 1.36. The number of rotatable bonds is 7. The summed E-state index contributed by atoms with van der Waals surface area (Å²) in [4.78, 5) is 43.8. The molecule has 3 aromatic rings. The number of nitrogens with zero attached hydrogens (tertiary/aromatic N) is 2. The topological polar surface area (TPSA) is 97.4 Å². The molecule has 3 aromatic carbocycles. The predicted molar refractivity (Wildman–Crippen MR) is 153 cm³/mol. The second-order valence-electron chi connectivity index (χ2n) is 10.6. The van der Waals surface area contributed by atoms with Gasteiger partial charge in [0.15, 0.2) is 0 Å². The lowest BCUT2D eigenvalue weighted by Crippen LogP contribution is -2.59. The zero-order chi connectivity index (χ0) is 31.5. The molecule has 2 aliphatic heterocycles. The highest BCUT2D eigenvalue weighted by Crippen LogP contribution is 2.39. The molecule has 1 N–H and O–H groups in total. The van der Waals surface area contributed by atoms with Crippen molar-refractivity contribution in [2.24, 2.45) is 0 Å². The van der Waals surface area contributed by atoms with E-state index in [0.717, 1.165) is 12.1 Å². The molecule has 0 bridgehead atoms. The summed E-state index contributed by atoms with van der Waals surface area (Å²) in [7, 11) is 3.03. The van der Waals surface area contributed by atoms with Crippen LogP contribution in [0.25, 0.3) is 0 Å². The summed E-state index contributed by atoms with van der Waals surface area (Å²) in [5, 5.41) is 2.68. The normalized spacial score (nSPS) is 17.8. The molecule has 9 nitrogen and oxygen atoms in total. The molecule has 2 aliphatic rings. The van der Waals surface area contributed by atoms with Gasteiger partial charge in [0.25, 0.3) is 11.8 Å². The van der Waals surface area contributed by atoms with Gasteiger partial charge in [0, 0.05) is 43.6 Å². The highest BCUT2D eigenvalue weighted by atomic mass is 19.4. The number of nitrogens with one attached hydrogen (secondary N) is 1. The number of methoxy groups -OCH3 is 2. The number of carbonyl (C=O) groups is 3. The van der Waals surface area contributed by atoms with Gasteiger partial charge >= 0.3 is 6.18 Å². The van der Waals surface area contributed by atoms with Gasteiger partial charge in [-0.15, -0.1) is 0 Å². The van der Waals surface area contributed by atoms with Crippen LogP contribution in [0.5, 0.6) is 11.5 Å². The smallest absolute Gasteiger partial charge is 0.416 e. The number of ether oxygens (including phenoxy) is 3. The van der Waals surface area contributed by atoms with E-state index >= 15 is 0 Å². The fourth-order valence-electron chi connectivity index (χ4n) is 5.60. The highest BCUT2D eigenvalue weighted by molar-refractivity contribution is 5.99. The first-order valence-corrected chi connectivity index (χ1v) is 14.0. The Kier molecular flexibility index (Phi) is 8.82. The van der Waals surface area contributed by atoms with Gasteiger partial charge in [0.2, 0.25) is 5.91 Å².